The number of carbonyl (C=O) groups excluding carboxylic acids is 2. The molecule has 1 spiro atoms. The maximum Gasteiger partial charge on any atom is 0.325 e. The number of rotatable bonds is 2. The lowest BCUT2D eigenvalue weighted by Crippen LogP contribution is -2.41. The van der Waals surface area contributed by atoms with Gasteiger partial charge in [0.2, 0.25) is 0 Å². The molecule has 8 heteroatoms. The van der Waals surface area contributed by atoms with E-state index >= 15 is 0 Å². The Balaban J connectivity index is 1.46. The lowest BCUT2D eigenvalue weighted by Gasteiger charge is -2.22. The number of benzene rings is 1. The number of amides is 3. The quantitative estimate of drug-likeness (QED) is 0.805. The molecule has 3 amide bonds. The van der Waals surface area contributed by atoms with Gasteiger partial charge in [-0.15, -0.1) is 10.2 Å². The molecule has 5 rings (SSSR count). The molecular weight excluding hydrogens is 366 g/mol. The molecule has 7 nitrogen and oxygen atoms in total. The Morgan fingerprint density at radius 1 is 1.15 bits per heavy atom. The van der Waals surface area contributed by atoms with Crippen molar-refractivity contribution in [1.82, 2.24) is 25.0 Å². The van der Waals surface area contributed by atoms with Crippen LogP contribution in [0.25, 0.3) is 0 Å². The molecule has 0 unspecified atom stereocenters. The molecule has 140 valence electrons. The third kappa shape index (κ3) is 2.48. The van der Waals surface area contributed by atoms with Crippen molar-refractivity contribution < 1.29 is 9.59 Å². The third-order valence-corrected chi connectivity index (χ3v) is 6.19. The van der Waals surface area contributed by atoms with Gasteiger partial charge in [-0.05, 0) is 48.9 Å². The summed E-state index contributed by atoms with van der Waals surface area (Å²) >= 11 is 6.09. The molecule has 1 fully saturated rings. The van der Waals surface area contributed by atoms with Gasteiger partial charge in [0, 0.05) is 18.0 Å². The molecule has 1 atom stereocenters. The molecule has 0 radical (unpaired) electrons. The zero-order valence-electron chi connectivity index (χ0n) is 14.9. The van der Waals surface area contributed by atoms with Crippen LogP contribution in [0.15, 0.2) is 18.2 Å². The molecule has 1 aromatic carbocycles. The van der Waals surface area contributed by atoms with Crippen molar-refractivity contribution in [2.45, 2.75) is 57.2 Å². The number of carbonyl (C=O) groups is 2. The summed E-state index contributed by atoms with van der Waals surface area (Å²) in [5, 5.41) is 12.1. The molecule has 1 N–H and O–H groups in total. The third-order valence-electron chi connectivity index (χ3n) is 5.96. The number of fused-ring (bicyclic) bond motifs is 3. The van der Waals surface area contributed by atoms with Gasteiger partial charge in [0.15, 0.2) is 5.82 Å². The SMILES string of the molecule is O=C1N[C@]2(CCc3cc(Cl)ccc32)C(=O)N1Cc1nnc2n1CCCCC2. The van der Waals surface area contributed by atoms with Crippen LogP contribution in [0.3, 0.4) is 0 Å². The first-order valence-electron chi connectivity index (χ1n) is 9.42. The van der Waals surface area contributed by atoms with Crippen molar-refractivity contribution in [1.29, 1.82) is 0 Å². The topological polar surface area (TPSA) is 80.1 Å². The Morgan fingerprint density at radius 2 is 2.04 bits per heavy atom. The summed E-state index contributed by atoms with van der Waals surface area (Å²) in [7, 11) is 0. The summed E-state index contributed by atoms with van der Waals surface area (Å²) in [5.74, 6) is 1.42. The zero-order chi connectivity index (χ0) is 18.6. The molecular formula is C19H20ClN5O2. The smallest absolute Gasteiger partial charge is 0.319 e. The van der Waals surface area contributed by atoms with E-state index in [2.05, 4.69) is 20.1 Å². The molecule has 2 aliphatic heterocycles. The highest BCUT2D eigenvalue weighted by Crippen LogP contribution is 2.42. The van der Waals surface area contributed by atoms with Gasteiger partial charge in [0.1, 0.15) is 11.4 Å². The van der Waals surface area contributed by atoms with E-state index in [1.807, 2.05) is 12.1 Å². The van der Waals surface area contributed by atoms with E-state index in [9.17, 15) is 9.59 Å². The van der Waals surface area contributed by atoms with Gasteiger partial charge in [-0.2, -0.15) is 0 Å². The molecule has 1 saturated heterocycles. The highest BCUT2D eigenvalue weighted by atomic mass is 35.5. The number of hydrogen-bond acceptors (Lipinski definition) is 4. The Bertz CT molecular complexity index is 956. The van der Waals surface area contributed by atoms with Crippen LogP contribution in [-0.2, 0) is 36.3 Å². The Hall–Kier alpha value is -2.41. The number of nitrogens with one attached hydrogen (secondary N) is 1. The maximum absolute atomic E-state index is 13.3. The monoisotopic (exact) mass is 385 g/mol. The van der Waals surface area contributed by atoms with Gasteiger partial charge in [-0.1, -0.05) is 24.1 Å². The van der Waals surface area contributed by atoms with Gasteiger partial charge in [-0.3, -0.25) is 9.69 Å². The van der Waals surface area contributed by atoms with Crippen LogP contribution < -0.4 is 5.32 Å². The first kappa shape index (κ1) is 16.7. The number of hydrogen-bond donors (Lipinski definition) is 1. The number of aryl methyl sites for hydroxylation is 2. The standard InChI is InChI=1S/C19H20ClN5O2/c20-13-5-6-14-12(10-13)7-8-19(14)17(26)25(18(27)21-19)11-16-23-22-15-4-2-1-3-9-24(15)16/h5-6,10H,1-4,7-9,11H2,(H,21,27)/t19-/m0/s1. The molecule has 3 heterocycles. The van der Waals surface area contributed by atoms with Crippen molar-refractivity contribution in [3.05, 3.63) is 46.0 Å². The van der Waals surface area contributed by atoms with Gasteiger partial charge in [0.05, 0.1) is 6.54 Å². The molecule has 0 bridgehead atoms. The fraction of sp³-hybridized carbons (Fsp3) is 0.474. The van der Waals surface area contributed by atoms with Crippen molar-refractivity contribution in [2.75, 3.05) is 0 Å². The van der Waals surface area contributed by atoms with Crippen molar-refractivity contribution in [3.63, 3.8) is 0 Å². The summed E-state index contributed by atoms with van der Waals surface area (Å²) in [6, 6.07) is 5.14. The maximum atomic E-state index is 13.3. The van der Waals surface area contributed by atoms with Crippen LogP contribution in [0.4, 0.5) is 4.79 Å². The predicted octanol–water partition coefficient (Wildman–Crippen LogP) is 2.55. The highest BCUT2D eigenvalue weighted by molar-refractivity contribution is 6.30. The molecule has 0 saturated carbocycles. The average Bonchev–Trinajstić information content (AvgIpc) is 3.20. The predicted molar refractivity (Wildman–Crippen MR) is 98.1 cm³/mol. The Labute approximate surface area is 161 Å². The second-order valence-electron chi connectivity index (χ2n) is 7.52. The largest absolute Gasteiger partial charge is 0.325 e. The summed E-state index contributed by atoms with van der Waals surface area (Å²) in [5.41, 5.74) is 0.903. The van der Waals surface area contributed by atoms with Crippen LogP contribution >= 0.6 is 11.6 Å². The van der Waals surface area contributed by atoms with Gasteiger partial charge < -0.3 is 9.88 Å². The van der Waals surface area contributed by atoms with E-state index in [1.54, 1.807) is 6.07 Å². The normalized spacial score (nSPS) is 24.1. The molecule has 27 heavy (non-hydrogen) atoms. The first-order valence-corrected chi connectivity index (χ1v) is 9.80. The second-order valence-corrected chi connectivity index (χ2v) is 7.96. The number of halogens is 1. The van der Waals surface area contributed by atoms with Gasteiger partial charge in [0.25, 0.3) is 5.91 Å². The van der Waals surface area contributed by atoms with Crippen molar-refractivity contribution in [2.24, 2.45) is 0 Å². The van der Waals surface area contributed by atoms with Crippen LogP contribution in [0.1, 0.15) is 48.5 Å². The van der Waals surface area contributed by atoms with Gasteiger partial charge >= 0.3 is 6.03 Å². The van der Waals surface area contributed by atoms with Crippen LogP contribution in [0.2, 0.25) is 5.02 Å². The number of aromatic nitrogens is 3. The van der Waals surface area contributed by atoms with E-state index in [1.165, 1.54) is 4.90 Å². The number of nitrogens with zero attached hydrogens (tertiary/aromatic N) is 4. The minimum atomic E-state index is -0.974. The van der Waals surface area contributed by atoms with Crippen molar-refractivity contribution >= 4 is 23.5 Å². The first-order chi connectivity index (χ1) is 13.1. The van der Waals surface area contributed by atoms with E-state index in [0.29, 0.717) is 17.3 Å². The Morgan fingerprint density at radius 3 is 2.93 bits per heavy atom. The van der Waals surface area contributed by atoms with E-state index in [4.69, 9.17) is 11.6 Å². The summed E-state index contributed by atoms with van der Waals surface area (Å²) < 4.78 is 2.07. The lowest BCUT2D eigenvalue weighted by atomic mass is 9.92. The van der Waals surface area contributed by atoms with E-state index in [0.717, 1.165) is 55.6 Å². The second kappa shape index (κ2) is 6.05. The zero-order valence-corrected chi connectivity index (χ0v) is 15.6. The van der Waals surface area contributed by atoms with Crippen LogP contribution in [0, 0.1) is 0 Å². The molecule has 1 aliphatic carbocycles. The highest BCUT2D eigenvalue weighted by Gasteiger charge is 2.55. The minimum Gasteiger partial charge on any atom is -0.319 e. The lowest BCUT2D eigenvalue weighted by molar-refractivity contribution is -0.132. The fourth-order valence-corrected chi connectivity index (χ4v) is 4.76. The molecule has 2 aromatic rings. The van der Waals surface area contributed by atoms with Gasteiger partial charge in [-0.25, -0.2) is 4.79 Å². The average molecular weight is 386 g/mol. The minimum absolute atomic E-state index is 0.155. The number of urea groups is 1. The summed E-state index contributed by atoms with van der Waals surface area (Å²) in [6.07, 6.45) is 5.50. The van der Waals surface area contributed by atoms with Crippen LogP contribution in [-0.4, -0.2) is 31.6 Å². The van der Waals surface area contributed by atoms with E-state index < -0.39 is 5.54 Å². The van der Waals surface area contributed by atoms with E-state index in [-0.39, 0.29) is 18.5 Å². The van der Waals surface area contributed by atoms with Crippen LogP contribution in [0.5, 0.6) is 0 Å². The molecule has 3 aliphatic rings. The summed E-state index contributed by atoms with van der Waals surface area (Å²) in [4.78, 5) is 27.3. The number of imide groups is 1. The molecule has 1 aromatic heterocycles. The van der Waals surface area contributed by atoms with Crippen molar-refractivity contribution in [3.8, 4) is 0 Å². The Kier molecular flexibility index (Phi) is 3.75. The fourth-order valence-electron chi connectivity index (χ4n) is 4.57. The summed E-state index contributed by atoms with van der Waals surface area (Å²) in [6.45, 7) is 0.996.